The SMILES string of the molecule is CC(NC(=O)OCc1ccc(-c2ccccc2)cc1)C(=O)O. The zero-order valence-corrected chi connectivity index (χ0v) is 12.2. The molecule has 2 N–H and O–H groups in total. The van der Waals surface area contributed by atoms with Gasteiger partial charge in [0.15, 0.2) is 0 Å². The Bertz CT molecular complexity index is 637. The molecule has 5 nitrogen and oxygen atoms in total. The number of amides is 1. The van der Waals surface area contributed by atoms with Gasteiger partial charge >= 0.3 is 12.1 Å². The lowest BCUT2D eigenvalue weighted by Gasteiger charge is -2.10. The molecule has 0 saturated heterocycles. The van der Waals surface area contributed by atoms with E-state index in [-0.39, 0.29) is 6.61 Å². The molecule has 0 fully saturated rings. The van der Waals surface area contributed by atoms with Gasteiger partial charge in [0, 0.05) is 0 Å². The van der Waals surface area contributed by atoms with Crippen LogP contribution in [0.25, 0.3) is 11.1 Å². The van der Waals surface area contributed by atoms with E-state index >= 15 is 0 Å². The third-order valence-corrected chi connectivity index (χ3v) is 3.14. The number of carboxylic acids is 1. The van der Waals surface area contributed by atoms with Gasteiger partial charge in [-0.25, -0.2) is 4.79 Å². The van der Waals surface area contributed by atoms with Crippen LogP contribution in [0.1, 0.15) is 12.5 Å². The number of aliphatic carboxylic acids is 1. The summed E-state index contributed by atoms with van der Waals surface area (Å²) < 4.78 is 4.98. The van der Waals surface area contributed by atoms with Crippen molar-refractivity contribution in [2.45, 2.75) is 19.6 Å². The molecule has 1 unspecified atom stereocenters. The first-order valence-corrected chi connectivity index (χ1v) is 6.86. The van der Waals surface area contributed by atoms with Gasteiger partial charge in [0.25, 0.3) is 0 Å². The largest absolute Gasteiger partial charge is 0.480 e. The van der Waals surface area contributed by atoms with Crippen molar-refractivity contribution in [3.63, 3.8) is 0 Å². The highest BCUT2D eigenvalue weighted by atomic mass is 16.5. The number of carboxylic acid groups (broad SMARTS) is 1. The maximum absolute atomic E-state index is 11.4. The first kappa shape index (κ1) is 15.6. The maximum Gasteiger partial charge on any atom is 0.408 e. The van der Waals surface area contributed by atoms with E-state index in [1.165, 1.54) is 6.92 Å². The molecule has 114 valence electrons. The molecule has 2 aromatic rings. The van der Waals surface area contributed by atoms with Crippen LogP contribution in [0.4, 0.5) is 4.79 Å². The van der Waals surface area contributed by atoms with Gasteiger partial charge in [-0.1, -0.05) is 54.6 Å². The Morgan fingerprint density at radius 3 is 2.23 bits per heavy atom. The van der Waals surface area contributed by atoms with Gasteiger partial charge in [-0.15, -0.1) is 0 Å². The zero-order chi connectivity index (χ0) is 15.9. The molecule has 1 atom stereocenters. The third kappa shape index (κ3) is 4.34. The fourth-order valence-corrected chi connectivity index (χ4v) is 1.85. The first-order chi connectivity index (χ1) is 10.6. The molecule has 2 rings (SSSR count). The van der Waals surface area contributed by atoms with Crippen molar-refractivity contribution < 1.29 is 19.4 Å². The smallest absolute Gasteiger partial charge is 0.408 e. The molecular weight excluding hydrogens is 282 g/mol. The number of benzene rings is 2. The fraction of sp³-hybridized carbons (Fsp3) is 0.176. The van der Waals surface area contributed by atoms with Gasteiger partial charge in [0.05, 0.1) is 0 Å². The van der Waals surface area contributed by atoms with E-state index in [1.807, 2.05) is 54.6 Å². The lowest BCUT2D eigenvalue weighted by Crippen LogP contribution is -2.38. The summed E-state index contributed by atoms with van der Waals surface area (Å²) in [7, 11) is 0. The van der Waals surface area contributed by atoms with Gasteiger partial charge < -0.3 is 15.2 Å². The van der Waals surface area contributed by atoms with Crippen LogP contribution in [0, 0.1) is 0 Å². The molecule has 0 bridgehead atoms. The number of ether oxygens (including phenoxy) is 1. The highest BCUT2D eigenvalue weighted by Crippen LogP contribution is 2.19. The number of carbonyl (C=O) groups excluding carboxylic acids is 1. The standard InChI is InChI=1S/C17H17NO4/c1-12(16(19)20)18-17(21)22-11-13-7-9-15(10-8-13)14-5-3-2-4-6-14/h2-10,12H,11H2,1H3,(H,18,21)(H,19,20). The molecule has 2 aromatic carbocycles. The monoisotopic (exact) mass is 299 g/mol. The minimum Gasteiger partial charge on any atom is -0.480 e. The Morgan fingerprint density at radius 1 is 1.05 bits per heavy atom. The molecule has 5 heteroatoms. The maximum atomic E-state index is 11.4. The summed E-state index contributed by atoms with van der Waals surface area (Å²) in [4.78, 5) is 22.0. The summed E-state index contributed by atoms with van der Waals surface area (Å²) in [6.45, 7) is 1.46. The van der Waals surface area contributed by atoms with E-state index in [2.05, 4.69) is 5.32 Å². The van der Waals surface area contributed by atoms with Crippen LogP contribution in [0.2, 0.25) is 0 Å². The van der Waals surface area contributed by atoms with Crippen LogP contribution in [-0.4, -0.2) is 23.2 Å². The van der Waals surface area contributed by atoms with Crippen LogP contribution in [0.3, 0.4) is 0 Å². The van der Waals surface area contributed by atoms with E-state index < -0.39 is 18.1 Å². The molecule has 0 radical (unpaired) electrons. The molecule has 1 amide bonds. The number of nitrogens with one attached hydrogen (secondary N) is 1. The predicted molar refractivity (Wildman–Crippen MR) is 82.3 cm³/mol. The fourth-order valence-electron chi connectivity index (χ4n) is 1.85. The van der Waals surface area contributed by atoms with E-state index in [9.17, 15) is 9.59 Å². The van der Waals surface area contributed by atoms with E-state index in [1.54, 1.807) is 0 Å². The van der Waals surface area contributed by atoms with Crippen molar-refractivity contribution in [1.82, 2.24) is 5.32 Å². The van der Waals surface area contributed by atoms with Crippen LogP contribution in [0.15, 0.2) is 54.6 Å². The summed E-state index contributed by atoms with van der Waals surface area (Å²) in [5.41, 5.74) is 3.02. The van der Waals surface area contributed by atoms with Crippen molar-refractivity contribution in [3.05, 3.63) is 60.2 Å². The number of alkyl carbamates (subject to hydrolysis) is 1. The third-order valence-electron chi connectivity index (χ3n) is 3.14. The van der Waals surface area contributed by atoms with Crippen LogP contribution in [-0.2, 0) is 16.1 Å². The second-order valence-electron chi connectivity index (χ2n) is 4.84. The molecule has 0 heterocycles. The molecule has 0 aliphatic rings. The summed E-state index contributed by atoms with van der Waals surface area (Å²) in [5.74, 6) is -1.11. The number of hydrogen-bond donors (Lipinski definition) is 2. The van der Waals surface area contributed by atoms with Crippen molar-refractivity contribution in [2.75, 3.05) is 0 Å². The Labute approximate surface area is 128 Å². The Balaban J connectivity index is 1.89. The Morgan fingerprint density at radius 2 is 1.64 bits per heavy atom. The van der Waals surface area contributed by atoms with E-state index in [0.29, 0.717) is 0 Å². The van der Waals surface area contributed by atoms with Crippen LogP contribution < -0.4 is 5.32 Å². The predicted octanol–water partition coefficient (Wildman–Crippen LogP) is 3.05. The van der Waals surface area contributed by atoms with E-state index in [4.69, 9.17) is 9.84 Å². The second-order valence-corrected chi connectivity index (χ2v) is 4.84. The van der Waals surface area contributed by atoms with E-state index in [0.717, 1.165) is 16.7 Å². The summed E-state index contributed by atoms with van der Waals surface area (Å²) in [5, 5.41) is 10.9. The molecule has 0 aromatic heterocycles. The average Bonchev–Trinajstić information content (AvgIpc) is 2.54. The molecule has 0 saturated carbocycles. The highest BCUT2D eigenvalue weighted by Gasteiger charge is 2.14. The van der Waals surface area contributed by atoms with Gasteiger partial charge in [-0.3, -0.25) is 4.79 Å². The minimum atomic E-state index is -1.11. The van der Waals surface area contributed by atoms with Crippen molar-refractivity contribution in [1.29, 1.82) is 0 Å². The van der Waals surface area contributed by atoms with Crippen molar-refractivity contribution >= 4 is 12.1 Å². The normalized spacial score (nSPS) is 11.5. The molecule has 22 heavy (non-hydrogen) atoms. The highest BCUT2D eigenvalue weighted by molar-refractivity contribution is 5.79. The van der Waals surface area contributed by atoms with Crippen molar-refractivity contribution in [2.24, 2.45) is 0 Å². The average molecular weight is 299 g/mol. The van der Waals surface area contributed by atoms with Gasteiger partial charge in [0.1, 0.15) is 12.6 Å². The lowest BCUT2D eigenvalue weighted by molar-refractivity contribution is -0.138. The molecule has 0 aliphatic heterocycles. The van der Waals surface area contributed by atoms with Crippen LogP contribution >= 0.6 is 0 Å². The Kier molecular flexibility index (Phi) is 5.14. The molecular formula is C17H17NO4. The van der Waals surface area contributed by atoms with Crippen molar-refractivity contribution in [3.8, 4) is 11.1 Å². The van der Waals surface area contributed by atoms with Gasteiger partial charge in [-0.2, -0.15) is 0 Å². The number of carbonyl (C=O) groups is 2. The number of rotatable bonds is 5. The lowest BCUT2D eigenvalue weighted by atomic mass is 10.0. The number of hydrogen-bond acceptors (Lipinski definition) is 3. The molecule has 0 aliphatic carbocycles. The van der Waals surface area contributed by atoms with Crippen LogP contribution in [0.5, 0.6) is 0 Å². The topological polar surface area (TPSA) is 75.6 Å². The zero-order valence-electron chi connectivity index (χ0n) is 12.2. The minimum absolute atomic E-state index is 0.0905. The summed E-state index contributed by atoms with van der Waals surface area (Å²) >= 11 is 0. The Hall–Kier alpha value is -2.82. The van der Waals surface area contributed by atoms with Gasteiger partial charge in [-0.05, 0) is 23.6 Å². The summed E-state index contributed by atoms with van der Waals surface area (Å²) in [6, 6.07) is 16.6. The quantitative estimate of drug-likeness (QED) is 0.889. The second kappa shape index (κ2) is 7.26. The van der Waals surface area contributed by atoms with Gasteiger partial charge in [0.2, 0.25) is 0 Å². The molecule has 0 spiro atoms. The summed E-state index contributed by atoms with van der Waals surface area (Å²) in [6.07, 6.45) is -0.748. The first-order valence-electron chi connectivity index (χ1n) is 6.86.